The minimum Gasteiger partial charge on any atom is -0.280 e. The number of aryl methyl sites for hydroxylation is 1. The van der Waals surface area contributed by atoms with E-state index in [0.717, 1.165) is 24.8 Å². The highest BCUT2D eigenvalue weighted by atomic mass is 35.5. The topological polar surface area (TPSA) is 17.1 Å². The van der Waals surface area contributed by atoms with Gasteiger partial charge in [0.15, 0.2) is 0 Å². The average molecular weight is 215 g/mol. The van der Waals surface area contributed by atoms with Crippen LogP contribution in [0.3, 0.4) is 0 Å². The van der Waals surface area contributed by atoms with Crippen LogP contribution < -0.4 is 0 Å². The third-order valence-electron chi connectivity index (χ3n) is 2.85. The second-order valence-corrected chi connectivity index (χ2v) is 5.06. The first kappa shape index (κ1) is 9.22. The second-order valence-electron chi connectivity index (χ2n) is 3.72. The molecular weight excluding hydrogens is 204 g/mol. The first-order valence-electron chi connectivity index (χ1n) is 4.41. The van der Waals surface area contributed by atoms with E-state index in [2.05, 4.69) is 0 Å². The lowest BCUT2D eigenvalue weighted by atomic mass is 9.75. The Bertz CT molecular complexity index is 344. The van der Waals surface area contributed by atoms with Crippen molar-refractivity contribution in [3.05, 3.63) is 21.9 Å². The zero-order valence-electron chi connectivity index (χ0n) is 7.47. The Morgan fingerprint density at radius 1 is 1.69 bits per heavy atom. The Hall–Kier alpha value is -0.340. The Morgan fingerprint density at radius 2 is 2.46 bits per heavy atom. The van der Waals surface area contributed by atoms with E-state index >= 15 is 0 Å². The molecule has 0 aromatic carbocycles. The van der Waals surface area contributed by atoms with Crippen LogP contribution in [0.4, 0.5) is 0 Å². The third-order valence-corrected chi connectivity index (χ3v) is 4.25. The van der Waals surface area contributed by atoms with E-state index in [0.29, 0.717) is 0 Å². The van der Waals surface area contributed by atoms with Gasteiger partial charge < -0.3 is 0 Å². The standard InChI is InChI=1S/C10H11ClOS/c1-10(9(11)12)5-2-3-8-7(10)4-6-13-8/h4,6H,2-3,5H2,1H3. The normalized spacial score (nSPS) is 26.9. The van der Waals surface area contributed by atoms with E-state index in [1.165, 1.54) is 4.88 Å². The van der Waals surface area contributed by atoms with E-state index < -0.39 is 5.41 Å². The van der Waals surface area contributed by atoms with Crippen molar-refractivity contribution in [2.45, 2.75) is 31.6 Å². The molecule has 1 aliphatic carbocycles. The first-order chi connectivity index (χ1) is 6.14. The van der Waals surface area contributed by atoms with Crippen molar-refractivity contribution >= 4 is 28.2 Å². The number of halogens is 1. The predicted octanol–water partition coefficient (Wildman–Crippen LogP) is 3.11. The summed E-state index contributed by atoms with van der Waals surface area (Å²) in [7, 11) is 0. The second kappa shape index (κ2) is 3.10. The summed E-state index contributed by atoms with van der Waals surface area (Å²) >= 11 is 7.38. The number of carbonyl (C=O) groups is 1. The molecule has 0 bridgehead atoms. The quantitative estimate of drug-likeness (QED) is 0.657. The van der Waals surface area contributed by atoms with Gasteiger partial charge in [-0.2, -0.15) is 0 Å². The molecule has 0 aliphatic heterocycles. The number of fused-ring (bicyclic) bond motifs is 1. The zero-order valence-corrected chi connectivity index (χ0v) is 9.04. The van der Waals surface area contributed by atoms with Crippen molar-refractivity contribution < 1.29 is 4.79 Å². The molecule has 1 heterocycles. The lowest BCUT2D eigenvalue weighted by molar-refractivity contribution is -0.116. The van der Waals surface area contributed by atoms with Crippen molar-refractivity contribution in [1.29, 1.82) is 0 Å². The monoisotopic (exact) mass is 214 g/mol. The molecule has 1 aromatic heterocycles. The van der Waals surface area contributed by atoms with Gasteiger partial charge in [-0.3, -0.25) is 4.79 Å². The fourth-order valence-electron chi connectivity index (χ4n) is 1.97. The van der Waals surface area contributed by atoms with Gasteiger partial charge in [-0.15, -0.1) is 11.3 Å². The van der Waals surface area contributed by atoms with Gasteiger partial charge in [0.25, 0.3) is 0 Å². The number of thiophene rings is 1. The van der Waals surface area contributed by atoms with Crippen LogP contribution in [0.5, 0.6) is 0 Å². The summed E-state index contributed by atoms with van der Waals surface area (Å²) in [6.45, 7) is 1.95. The number of rotatable bonds is 1. The molecule has 0 saturated carbocycles. The van der Waals surface area contributed by atoms with Crippen LogP contribution in [0.1, 0.15) is 30.2 Å². The van der Waals surface area contributed by atoms with Crippen molar-refractivity contribution in [1.82, 2.24) is 0 Å². The highest BCUT2D eigenvalue weighted by Crippen LogP contribution is 2.41. The summed E-state index contributed by atoms with van der Waals surface area (Å²) in [5.41, 5.74) is 0.735. The number of hydrogen-bond acceptors (Lipinski definition) is 2. The highest BCUT2D eigenvalue weighted by molar-refractivity contribution is 7.10. The van der Waals surface area contributed by atoms with Gasteiger partial charge in [0.1, 0.15) is 0 Å². The van der Waals surface area contributed by atoms with Gasteiger partial charge in [-0.1, -0.05) is 0 Å². The smallest absolute Gasteiger partial charge is 0.231 e. The molecule has 0 spiro atoms. The summed E-state index contributed by atoms with van der Waals surface area (Å²) in [4.78, 5) is 12.7. The van der Waals surface area contributed by atoms with Crippen molar-refractivity contribution in [2.75, 3.05) is 0 Å². The summed E-state index contributed by atoms with van der Waals surface area (Å²) in [5, 5.41) is 1.83. The van der Waals surface area contributed by atoms with E-state index in [-0.39, 0.29) is 5.24 Å². The van der Waals surface area contributed by atoms with Crippen LogP contribution in [0.25, 0.3) is 0 Å². The lowest BCUT2D eigenvalue weighted by Gasteiger charge is -2.30. The molecule has 13 heavy (non-hydrogen) atoms. The first-order valence-corrected chi connectivity index (χ1v) is 5.67. The third kappa shape index (κ3) is 1.32. The van der Waals surface area contributed by atoms with E-state index in [9.17, 15) is 4.79 Å². The highest BCUT2D eigenvalue weighted by Gasteiger charge is 2.38. The maximum atomic E-state index is 11.4. The maximum absolute atomic E-state index is 11.4. The molecule has 1 nitrogen and oxygen atoms in total. The molecule has 70 valence electrons. The minimum atomic E-state index is -0.421. The van der Waals surface area contributed by atoms with Crippen LogP contribution >= 0.6 is 22.9 Å². The van der Waals surface area contributed by atoms with Crippen molar-refractivity contribution in [3.8, 4) is 0 Å². The summed E-state index contributed by atoms with van der Waals surface area (Å²) in [5.74, 6) is 0. The Balaban J connectivity index is 2.51. The number of carbonyl (C=O) groups excluding carboxylic acids is 1. The molecule has 0 saturated heterocycles. The van der Waals surface area contributed by atoms with Gasteiger partial charge in [-0.25, -0.2) is 0 Å². The Kier molecular flexibility index (Phi) is 2.20. The molecule has 2 rings (SSSR count). The fraction of sp³-hybridized carbons (Fsp3) is 0.500. The SMILES string of the molecule is CC1(C(=O)Cl)CCCc2sccc21. The molecule has 0 fully saturated rings. The minimum absolute atomic E-state index is 0.216. The van der Waals surface area contributed by atoms with E-state index in [1.54, 1.807) is 11.3 Å². The van der Waals surface area contributed by atoms with Crippen LogP contribution in [0.2, 0.25) is 0 Å². The predicted molar refractivity (Wildman–Crippen MR) is 55.5 cm³/mol. The molecular formula is C10H11ClOS. The molecule has 0 N–H and O–H groups in total. The molecule has 3 heteroatoms. The van der Waals surface area contributed by atoms with Crippen molar-refractivity contribution in [3.63, 3.8) is 0 Å². The Labute approximate surface area is 86.7 Å². The van der Waals surface area contributed by atoms with Gasteiger partial charge in [0.2, 0.25) is 5.24 Å². The Morgan fingerprint density at radius 3 is 3.15 bits per heavy atom. The average Bonchev–Trinajstić information content (AvgIpc) is 2.53. The van der Waals surface area contributed by atoms with E-state index in [4.69, 9.17) is 11.6 Å². The zero-order chi connectivity index (χ0) is 9.47. The largest absolute Gasteiger partial charge is 0.280 e. The molecule has 1 unspecified atom stereocenters. The molecule has 0 radical (unpaired) electrons. The van der Waals surface area contributed by atoms with Crippen LogP contribution in [0.15, 0.2) is 11.4 Å². The summed E-state index contributed by atoms with van der Waals surface area (Å²) in [6.07, 6.45) is 3.06. The van der Waals surface area contributed by atoms with Gasteiger partial charge in [0, 0.05) is 4.88 Å². The maximum Gasteiger partial charge on any atom is 0.231 e. The summed E-state index contributed by atoms with van der Waals surface area (Å²) in [6, 6.07) is 2.04. The summed E-state index contributed by atoms with van der Waals surface area (Å²) < 4.78 is 0. The van der Waals surface area contributed by atoms with Crippen LogP contribution in [0, 0.1) is 0 Å². The molecule has 1 aliphatic rings. The van der Waals surface area contributed by atoms with Crippen LogP contribution in [-0.4, -0.2) is 5.24 Å². The molecule has 0 amide bonds. The van der Waals surface area contributed by atoms with Crippen LogP contribution in [-0.2, 0) is 16.6 Å². The fourth-order valence-corrected chi connectivity index (χ4v) is 3.21. The molecule has 1 aromatic rings. The van der Waals surface area contributed by atoms with Crippen molar-refractivity contribution in [2.24, 2.45) is 0 Å². The number of hydrogen-bond donors (Lipinski definition) is 0. The van der Waals surface area contributed by atoms with Gasteiger partial charge in [-0.05, 0) is 54.8 Å². The van der Waals surface area contributed by atoms with Gasteiger partial charge >= 0.3 is 0 Å². The van der Waals surface area contributed by atoms with E-state index in [1.807, 2.05) is 18.4 Å². The lowest BCUT2D eigenvalue weighted by Crippen LogP contribution is -2.32. The molecule has 1 atom stereocenters. The van der Waals surface area contributed by atoms with Gasteiger partial charge in [0.05, 0.1) is 5.41 Å².